The summed E-state index contributed by atoms with van der Waals surface area (Å²) >= 11 is 0. The van der Waals surface area contributed by atoms with Gasteiger partial charge < -0.3 is 19.3 Å². The molecule has 0 fully saturated rings. The van der Waals surface area contributed by atoms with Crippen LogP contribution in [0.2, 0.25) is 0 Å². The zero-order valence-corrected chi connectivity index (χ0v) is 41.2. The van der Waals surface area contributed by atoms with Crippen LogP contribution in [0.4, 0.5) is 45.5 Å². The van der Waals surface area contributed by atoms with Gasteiger partial charge in [0.05, 0.1) is 57.4 Å². The molecule has 0 atom stereocenters. The Morgan fingerprint density at radius 1 is 0.355 bits per heavy atom. The summed E-state index contributed by atoms with van der Waals surface area (Å²) in [6.45, 7) is 0. The van der Waals surface area contributed by atoms with Crippen LogP contribution in [-0.2, 0) is 0 Å². The molecule has 1 aromatic heterocycles. The minimum absolute atomic E-state index is 0.574. The van der Waals surface area contributed by atoms with Crippen molar-refractivity contribution < 1.29 is 0 Å². The molecule has 7 nitrogen and oxygen atoms in total. The first-order valence-corrected chi connectivity index (χ1v) is 25.4. The molecule has 0 spiro atoms. The summed E-state index contributed by atoms with van der Waals surface area (Å²) in [7, 11) is 0. The maximum absolute atomic E-state index is 10.2. The van der Waals surface area contributed by atoms with Crippen molar-refractivity contribution in [3.05, 3.63) is 271 Å². The standard InChI is InChI=1S/C69H45N7/c70-44-47-13-7-22-55(39-47)73(65-28-10-19-50-16-1-4-25-60(50)65)53-31-33-54(34-32-53)76-68-37-35-58(74(56-23-8-14-48(40-56)45-71)66-29-11-20-51-17-2-5-26-61(51)66)42-63(68)64-43-59(36-38-69(64)76)75(57-24-9-15-49(41-57)46-72)67-30-12-21-52-18-3-6-27-62(52)67/h1-8,10-14,16-43H,9,15H2. The molecule has 13 rings (SSSR count). The normalized spacial score (nSPS) is 12.2. The summed E-state index contributed by atoms with van der Waals surface area (Å²) in [5.41, 5.74) is 13.5. The predicted octanol–water partition coefficient (Wildman–Crippen LogP) is 18.2. The van der Waals surface area contributed by atoms with Gasteiger partial charge in [-0.3, -0.25) is 0 Å². The van der Waals surface area contributed by atoms with Gasteiger partial charge in [0.2, 0.25) is 0 Å². The predicted molar refractivity (Wildman–Crippen MR) is 312 cm³/mol. The first-order chi connectivity index (χ1) is 37.5. The fraction of sp³-hybridized carbons (Fsp3) is 0.0290. The van der Waals surface area contributed by atoms with Gasteiger partial charge in [-0.05, 0) is 150 Å². The highest BCUT2D eigenvalue weighted by Gasteiger charge is 2.24. The summed E-state index contributed by atoms with van der Waals surface area (Å²) in [4.78, 5) is 6.80. The average Bonchev–Trinajstić information content (AvgIpc) is 3.88. The van der Waals surface area contributed by atoms with Crippen molar-refractivity contribution >= 4 is 99.6 Å². The fourth-order valence-electron chi connectivity index (χ4n) is 11.2. The first kappa shape index (κ1) is 45.2. The molecule has 12 aromatic rings. The van der Waals surface area contributed by atoms with Gasteiger partial charge in [0.25, 0.3) is 0 Å². The first-order valence-electron chi connectivity index (χ1n) is 25.4. The van der Waals surface area contributed by atoms with Crippen molar-refractivity contribution in [3.8, 4) is 23.9 Å². The fourth-order valence-corrected chi connectivity index (χ4v) is 11.2. The highest BCUT2D eigenvalue weighted by Crippen LogP contribution is 2.46. The lowest BCUT2D eigenvalue weighted by molar-refractivity contribution is 0.962. The SMILES string of the molecule is N#CC1=CC(N(c2ccc3c(c2)c2cc(N(c4cccc(C#N)c4)c4cccc5ccccc45)ccc2n3-c2ccc(N(c3cccc(C#N)c3)c3cccc4ccccc34)cc2)c2cccc3ccccc23)=CCC1. The van der Waals surface area contributed by atoms with Crippen molar-refractivity contribution in [1.82, 2.24) is 4.57 Å². The van der Waals surface area contributed by atoms with E-state index in [0.717, 1.165) is 123 Å². The van der Waals surface area contributed by atoms with Crippen molar-refractivity contribution in [1.29, 1.82) is 15.8 Å². The van der Waals surface area contributed by atoms with Crippen molar-refractivity contribution in [3.63, 3.8) is 0 Å². The van der Waals surface area contributed by atoms with Crippen molar-refractivity contribution in [2.75, 3.05) is 14.7 Å². The number of nitriles is 3. The molecule has 356 valence electrons. The molecule has 11 aromatic carbocycles. The van der Waals surface area contributed by atoms with Crippen LogP contribution in [0.15, 0.2) is 260 Å². The molecule has 0 radical (unpaired) electrons. The number of aromatic nitrogens is 1. The van der Waals surface area contributed by atoms with E-state index in [2.05, 4.69) is 244 Å². The largest absolute Gasteiger partial charge is 0.310 e. The number of benzene rings is 11. The Morgan fingerprint density at radius 2 is 0.776 bits per heavy atom. The Morgan fingerprint density at radius 3 is 1.28 bits per heavy atom. The molecule has 0 unspecified atom stereocenters. The second-order valence-electron chi connectivity index (χ2n) is 19.0. The highest BCUT2D eigenvalue weighted by molar-refractivity contribution is 6.13. The van der Waals surface area contributed by atoms with E-state index in [1.807, 2.05) is 42.5 Å². The number of nitrogens with zero attached hydrogens (tertiary/aromatic N) is 7. The van der Waals surface area contributed by atoms with E-state index in [0.29, 0.717) is 17.5 Å². The lowest BCUT2D eigenvalue weighted by Gasteiger charge is -2.29. The molecule has 0 saturated carbocycles. The average molecular weight is 972 g/mol. The van der Waals surface area contributed by atoms with Gasteiger partial charge in [-0.25, -0.2) is 0 Å². The Hall–Kier alpha value is -10.7. The minimum atomic E-state index is 0.574. The second kappa shape index (κ2) is 19.1. The van der Waals surface area contributed by atoms with Crippen LogP contribution in [0.1, 0.15) is 24.0 Å². The lowest BCUT2D eigenvalue weighted by Crippen LogP contribution is -2.17. The van der Waals surface area contributed by atoms with Crippen LogP contribution in [0.5, 0.6) is 0 Å². The maximum atomic E-state index is 10.2. The van der Waals surface area contributed by atoms with E-state index in [-0.39, 0.29) is 0 Å². The summed E-state index contributed by atoms with van der Waals surface area (Å²) in [5.74, 6) is 0. The third kappa shape index (κ3) is 7.92. The Balaban J connectivity index is 1.05. The Bertz CT molecular complexity index is 4470. The van der Waals surface area contributed by atoms with Crippen molar-refractivity contribution in [2.45, 2.75) is 12.8 Å². The van der Waals surface area contributed by atoms with Crippen LogP contribution < -0.4 is 14.7 Å². The van der Waals surface area contributed by atoms with Gasteiger partial charge in [-0.2, -0.15) is 15.8 Å². The molecule has 1 aliphatic rings. The van der Waals surface area contributed by atoms with Crippen LogP contribution in [0.25, 0.3) is 59.8 Å². The van der Waals surface area contributed by atoms with Gasteiger partial charge in [-0.15, -0.1) is 0 Å². The zero-order chi connectivity index (χ0) is 51.1. The smallest absolute Gasteiger partial charge is 0.0992 e. The summed E-state index contributed by atoms with van der Waals surface area (Å²) in [6.07, 6.45) is 5.74. The molecule has 76 heavy (non-hydrogen) atoms. The van der Waals surface area contributed by atoms with Crippen molar-refractivity contribution in [2.24, 2.45) is 0 Å². The molecule has 1 heterocycles. The topological polar surface area (TPSA) is 86.0 Å². The molecule has 7 heteroatoms. The molecule has 0 saturated heterocycles. The number of fused-ring (bicyclic) bond motifs is 6. The van der Waals surface area contributed by atoms with E-state index in [1.54, 1.807) is 0 Å². The summed E-state index contributed by atoms with van der Waals surface area (Å²) in [5, 5.41) is 39.2. The van der Waals surface area contributed by atoms with E-state index < -0.39 is 0 Å². The van der Waals surface area contributed by atoms with E-state index in [1.165, 1.54) is 0 Å². The molecule has 1 aliphatic carbocycles. The second-order valence-corrected chi connectivity index (χ2v) is 19.0. The monoisotopic (exact) mass is 971 g/mol. The molecule has 0 N–H and O–H groups in total. The third-order valence-corrected chi connectivity index (χ3v) is 14.6. The zero-order valence-electron chi connectivity index (χ0n) is 41.2. The van der Waals surface area contributed by atoms with Gasteiger partial charge in [-0.1, -0.05) is 127 Å². The van der Waals surface area contributed by atoms with E-state index in [9.17, 15) is 15.8 Å². The van der Waals surface area contributed by atoms with Gasteiger partial charge in [0, 0.05) is 72.3 Å². The molecule has 0 bridgehead atoms. The van der Waals surface area contributed by atoms with Gasteiger partial charge in [0.1, 0.15) is 0 Å². The Kier molecular flexibility index (Phi) is 11.4. The molecular weight excluding hydrogens is 927 g/mol. The number of hydrogen-bond acceptors (Lipinski definition) is 6. The molecular formula is C69H45N7. The molecule has 0 amide bonds. The Labute approximate surface area is 440 Å². The van der Waals surface area contributed by atoms with Crippen LogP contribution in [0, 0.1) is 34.0 Å². The van der Waals surface area contributed by atoms with E-state index in [4.69, 9.17) is 0 Å². The highest BCUT2D eigenvalue weighted by atomic mass is 15.2. The quantitative estimate of drug-likeness (QED) is 0.136. The summed E-state index contributed by atoms with van der Waals surface area (Å²) in [6, 6.07) is 89.3. The van der Waals surface area contributed by atoms with Crippen LogP contribution >= 0.6 is 0 Å². The van der Waals surface area contributed by atoms with Gasteiger partial charge in [0.15, 0.2) is 0 Å². The molecule has 0 aliphatic heterocycles. The number of allylic oxidation sites excluding steroid dienone is 3. The van der Waals surface area contributed by atoms with Crippen LogP contribution in [0.3, 0.4) is 0 Å². The van der Waals surface area contributed by atoms with Gasteiger partial charge >= 0.3 is 0 Å². The minimum Gasteiger partial charge on any atom is -0.310 e. The lowest BCUT2D eigenvalue weighted by atomic mass is 10.0. The summed E-state index contributed by atoms with van der Waals surface area (Å²) < 4.78 is 2.34. The maximum Gasteiger partial charge on any atom is 0.0992 e. The van der Waals surface area contributed by atoms with Crippen LogP contribution in [-0.4, -0.2) is 4.57 Å². The number of rotatable bonds is 10. The third-order valence-electron chi connectivity index (χ3n) is 14.6. The van der Waals surface area contributed by atoms with E-state index >= 15 is 0 Å². The number of hydrogen-bond donors (Lipinski definition) is 0. The number of anilines is 8.